The zero-order valence-corrected chi connectivity index (χ0v) is 17.4. The molecule has 1 N–H and O–H groups in total. The van der Waals surface area contributed by atoms with Gasteiger partial charge in [-0.15, -0.1) is 11.3 Å². The van der Waals surface area contributed by atoms with Crippen LogP contribution in [0.1, 0.15) is 18.4 Å². The number of imide groups is 1. The van der Waals surface area contributed by atoms with E-state index < -0.39 is 17.5 Å². The van der Waals surface area contributed by atoms with Crippen LogP contribution in [0.3, 0.4) is 0 Å². The smallest absolute Gasteiger partial charge is 0.325 e. The minimum Gasteiger partial charge on any atom is -0.454 e. The number of hydrogen-bond donors (Lipinski definition) is 1. The van der Waals surface area contributed by atoms with E-state index in [2.05, 4.69) is 31.4 Å². The molecule has 4 heterocycles. The summed E-state index contributed by atoms with van der Waals surface area (Å²) in [5.74, 6) is 1.29. The molecule has 29 heavy (non-hydrogen) atoms. The average Bonchev–Trinajstić information content (AvgIpc) is 3.47. The quantitative estimate of drug-likeness (QED) is 0.575. The lowest BCUT2D eigenvalue weighted by atomic mass is 9.91. The molecule has 3 aromatic rings. The van der Waals surface area contributed by atoms with Gasteiger partial charge >= 0.3 is 6.03 Å². The summed E-state index contributed by atoms with van der Waals surface area (Å²) < 4.78 is 16.8. The summed E-state index contributed by atoms with van der Waals surface area (Å²) in [5.41, 5.74) is -0.642. The third-order valence-corrected chi connectivity index (χ3v) is 6.46. The van der Waals surface area contributed by atoms with Gasteiger partial charge in [-0.1, -0.05) is 11.2 Å². The molecule has 0 saturated carbocycles. The molecule has 148 valence electrons. The van der Waals surface area contributed by atoms with Gasteiger partial charge < -0.3 is 19.3 Å². The molecule has 0 spiro atoms. The van der Waals surface area contributed by atoms with E-state index in [-0.39, 0.29) is 19.2 Å². The summed E-state index contributed by atoms with van der Waals surface area (Å²) in [6, 6.07) is 6.48. The van der Waals surface area contributed by atoms with Crippen LogP contribution >= 0.6 is 27.3 Å². The second-order valence-electron chi connectivity index (χ2n) is 6.66. The number of carbonyl (C=O) groups excluding carboxylic acids is 2. The number of aromatic nitrogens is 2. The third kappa shape index (κ3) is 2.97. The maximum absolute atomic E-state index is 13.1. The van der Waals surface area contributed by atoms with Crippen molar-refractivity contribution in [2.75, 3.05) is 6.79 Å². The Kier molecular flexibility index (Phi) is 4.10. The first-order chi connectivity index (χ1) is 13.9. The molecule has 1 unspecified atom stereocenters. The monoisotopic (exact) mass is 476 g/mol. The van der Waals surface area contributed by atoms with E-state index in [1.54, 1.807) is 25.1 Å². The first-order valence-electron chi connectivity index (χ1n) is 8.55. The highest BCUT2D eigenvalue weighted by Crippen LogP contribution is 2.38. The molecule has 11 heteroatoms. The maximum atomic E-state index is 13.1. The number of urea groups is 1. The average molecular weight is 477 g/mol. The molecule has 9 nitrogen and oxygen atoms in total. The Labute approximate surface area is 176 Å². The maximum Gasteiger partial charge on any atom is 0.325 e. The Balaban J connectivity index is 1.39. The van der Waals surface area contributed by atoms with E-state index in [4.69, 9.17) is 14.0 Å². The Hall–Kier alpha value is -2.92. The van der Waals surface area contributed by atoms with Gasteiger partial charge in [-0.25, -0.2) is 4.79 Å². The van der Waals surface area contributed by atoms with E-state index >= 15 is 0 Å². The third-order valence-electron chi connectivity index (χ3n) is 4.77. The highest BCUT2D eigenvalue weighted by Gasteiger charge is 2.49. The first kappa shape index (κ1) is 18.1. The number of benzene rings is 1. The second-order valence-corrected chi connectivity index (χ2v) is 8.48. The molecule has 2 aliphatic heterocycles. The molecular weight excluding hydrogens is 464 g/mol. The summed E-state index contributed by atoms with van der Waals surface area (Å²) in [5, 5.41) is 8.58. The minimum absolute atomic E-state index is 0.121. The van der Waals surface area contributed by atoms with Gasteiger partial charge in [0.2, 0.25) is 18.5 Å². The molecule has 2 aliphatic rings. The summed E-state index contributed by atoms with van der Waals surface area (Å²) in [6.07, 6.45) is 0. The van der Waals surface area contributed by atoms with Crippen molar-refractivity contribution in [3.05, 3.63) is 45.6 Å². The molecule has 2 aromatic heterocycles. The lowest BCUT2D eigenvalue weighted by Crippen LogP contribution is -2.40. The zero-order chi connectivity index (χ0) is 20.2. The fourth-order valence-electron chi connectivity index (χ4n) is 3.23. The zero-order valence-electron chi connectivity index (χ0n) is 15.0. The number of rotatable bonds is 4. The number of ether oxygens (including phenoxy) is 2. The van der Waals surface area contributed by atoms with Crippen molar-refractivity contribution in [3.63, 3.8) is 0 Å². The first-order valence-corrected chi connectivity index (χ1v) is 10.2. The minimum atomic E-state index is -1.24. The molecule has 1 fully saturated rings. The van der Waals surface area contributed by atoms with Gasteiger partial charge in [-0.2, -0.15) is 4.98 Å². The van der Waals surface area contributed by atoms with Crippen LogP contribution in [0, 0.1) is 0 Å². The predicted octanol–water partition coefficient (Wildman–Crippen LogP) is 3.26. The molecule has 0 bridgehead atoms. The fourth-order valence-corrected chi connectivity index (χ4v) is 4.58. The van der Waals surface area contributed by atoms with Gasteiger partial charge in [0.25, 0.3) is 5.91 Å². The summed E-state index contributed by atoms with van der Waals surface area (Å²) in [6.45, 7) is 1.65. The van der Waals surface area contributed by atoms with Crippen molar-refractivity contribution >= 4 is 39.2 Å². The highest BCUT2D eigenvalue weighted by atomic mass is 79.9. The SMILES string of the molecule is CC1(c2ccc3c(c2)OCO3)NC(=O)N(Cc2nc(-c3cc(Br)cs3)no2)C1=O. The summed E-state index contributed by atoms with van der Waals surface area (Å²) >= 11 is 4.83. The standard InChI is InChI=1S/C18H13BrN4O5S/c1-18(9-2-3-11-12(4-9)27-8-26-11)16(24)23(17(25)21-18)6-14-20-15(22-28-14)13-5-10(19)7-29-13/h2-5,7H,6,8H2,1H3,(H,21,25). The molecule has 0 radical (unpaired) electrons. The molecule has 0 aliphatic carbocycles. The van der Waals surface area contributed by atoms with Crippen molar-refractivity contribution in [1.82, 2.24) is 20.4 Å². The van der Waals surface area contributed by atoms with E-state index in [9.17, 15) is 9.59 Å². The molecular formula is C18H13BrN4O5S. The van der Waals surface area contributed by atoms with E-state index in [1.807, 2.05) is 11.4 Å². The summed E-state index contributed by atoms with van der Waals surface area (Å²) in [4.78, 5) is 31.8. The van der Waals surface area contributed by atoms with Crippen LogP contribution in [0.25, 0.3) is 10.7 Å². The fraction of sp³-hybridized carbons (Fsp3) is 0.222. The highest BCUT2D eigenvalue weighted by molar-refractivity contribution is 9.10. The Morgan fingerprint density at radius 1 is 1.28 bits per heavy atom. The van der Waals surface area contributed by atoms with Crippen molar-refractivity contribution in [2.45, 2.75) is 19.0 Å². The van der Waals surface area contributed by atoms with Gasteiger partial charge in [0.1, 0.15) is 12.1 Å². The number of fused-ring (bicyclic) bond motifs is 1. The van der Waals surface area contributed by atoms with Crippen molar-refractivity contribution in [3.8, 4) is 22.2 Å². The Morgan fingerprint density at radius 3 is 2.90 bits per heavy atom. The lowest BCUT2D eigenvalue weighted by molar-refractivity contribution is -0.131. The van der Waals surface area contributed by atoms with Gasteiger partial charge in [0, 0.05) is 9.85 Å². The molecule has 5 rings (SSSR count). The summed E-state index contributed by atoms with van der Waals surface area (Å²) in [7, 11) is 0. The predicted molar refractivity (Wildman–Crippen MR) is 104 cm³/mol. The van der Waals surface area contributed by atoms with E-state index in [0.29, 0.717) is 22.9 Å². The van der Waals surface area contributed by atoms with Crippen molar-refractivity contribution < 1.29 is 23.6 Å². The normalized spacial score (nSPS) is 20.4. The van der Waals surface area contributed by atoms with Gasteiger partial charge in [0.05, 0.1) is 4.88 Å². The number of halogens is 1. The Bertz CT molecular complexity index is 1140. The van der Waals surface area contributed by atoms with Crippen LogP contribution in [0.5, 0.6) is 11.5 Å². The van der Waals surface area contributed by atoms with E-state index in [0.717, 1.165) is 14.2 Å². The Morgan fingerprint density at radius 2 is 2.10 bits per heavy atom. The number of amides is 3. The number of carbonyl (C=O) groups is 2. The van der Waals surface area contributed by atoms with Crippen LogP contribution in [0.4, 0.5) is 4.79 Å². The van der Waals surface area contributed by atoms with E-state index in [1.165, 1.54) is 11.3 Å². The number of hydrogen-bond acceptors (Lipinski definition) is 8. The van der Waals surface area contributed by atoms with Gasteiger partial charge in [-0.3, -0.25) is 9.69 Å². The number of nitrogens with zero attached hydrogens (tertiary/aromatic N) is 3. The number of thiophene rings is 1. The van der Waals surface area contributed by atoms with Crippen molar-refractivity contribution in [2.24, 2.45) is 0 Å². The number of nitrogens with one attached hydrogen (secondary N) is 1. The van der Waals surface area contributed by atoms with Crippen LogP contribution in [-0.4, -0.2) is 33.8 Å². The van der Waals surface area contributed by atoms with Crippen LogP contribution in [0.15, 0.2) is 38.6 Å². The topological polar surface area (TPSA) is 107 Å². The molecule has 1 aromatic carbocycles. The molecule has 1 atom stereocenters. The van der Waals surface area contributed by atoms with Crippen LogP contribution in [-0.2, 0) is 16.9 Å². The molecule has 1 saturated heterocycles. The van der Waals surface area contributed by atoms with Crippen LogP contribution < -0.4 is 14.8 Å². The van der Waals surface area contributed by atoms with Gasteiger partial charge in [0.15, 0.2) is 11.5 Å². The van der Waals surface area contributed by atoms with Crippen molar-refractivity contribution in [1.29, 1.82) is 0 Å². The van der Waals surface area contributed by atoms with Gasteiger partial charge in [-0.05, 0) is 46.6 Å². The second kappa shape index (κ2) is 6.56. The largest absolute Gasteiger partial charge is 0.454 e. The molecule has 3 amide bonds. The lowest BCUT2D eigenvalue weighted by Gasteiger charge is -2.22. The van der Waals surface area contributed by atoms with Crippen LogP contribution in [0.2, 0.25) is 0 Å².